The Balaban J connectivity index is 1.56. The van der Waals surface area contributed by atoms with Crippen molar-refractivity contribution in [2.24, 2.45) is 0 Å². The van der Waals surface area contributed by atoms with E-state index in [4.69, 9.17) is 16.0 Å². The summed E-state index contributed by atoms with van der Waals surface area (Å²) in [5.74, 6) is -0.245. The zero-order chi connectivity index (χ0) is 22.9. The third-order valence-electron chi connectivity index (χ3n) is 5.14. The molecule has 4 rings (SSSR count). The molecular weight excluding hydrogens is 448 g/mol. The van der Waals surface area contributed by atoms with Gasteiger partial charge in [-0.3, -0.25) is 9.10 Å². The number of halogens is 1. The summed E-state index contributed by atoms with van der Waals surface area (Å²) in [7, 11) is -3.74. The molecule has 1 heterocycles. The van der Waals surface area contributed by atoms with Gasteiger partial charge < -0.3 is 9.73 Å². The molecule has 0 saturated heterocycles. The smallest absolute Gasteiger partial charge is 0.291 e. The van der Waals surface area contributed by atoms with Gasteiger partial charge in [0.25, 0.3) is 15.9 Å². The Kier molecular flexibility index (Phi) is 5.95. The van der Waals surface area contributed by atoms with Crippen molar-refractivity contribution in [1.29, 1.82) is 0 Å². The number of nitrogens with zero attached hydrogens (tertiary/aromatic N) is 1. The van der Waals surface area contributed by atoms with E-state index < -0.39 is 15.9 Å². The van der Waals surface area contributed by atoms with Crippen LogP contribution in [0.1, 0.15) is 23.0 Å². The van der Waals surface area contributed by atoms with Gasteiger partial charge in [0, 0.05) is 28.2 Å². The Morgan fingerprint density at radius 2 is 1.72 bits per heavy atom. The van der Waals surface area contributed by atoms with Crippen molar-refractivity contribution < 1.29 is 17.6 Å². The molecule has 4 aromatic rings. The molecule has 0 aliphatic carbocycles. The van der Waals surface area contributed by atoms with Gasteiger partial charge in [0.15, 0.2) is 5.76 Å². The first-order valence-electron chi connectivity index (χ1n) is 9.99. The average molecular weight is 469 g/mol. The molecule has 0 unspecified atom stereocenters. The summed E-state index contributed by atoms with van der Waals surface area (Å²) in [4.78, 5) is 12.9. The van der Waals surface area contributed by atoms with E-state index in [2.05, 4.69) is 5.32 Å². The number of rotatable bonds is 6. The molecule has 0 aliphatic rings. The lowest BCUT2D eigenvalue weighted by Gasteiger charge is -2.23. The first-order chi connectivity index (χ1) is 15.3. The van der Waals surface area contributed by atoms with Crippen molar-refractivity contribution in [1.82, 2.24) is 0 Å². The van der Waals surface area contributed by atoms with Crippen LogP contribution in [0.5, 0.6) is 0 Å². The molecule has 0 bridgehead atoms. The zero-order valence-corrected chi connectivity index (χ0v) is 19.1. The summed E-state index contributed by atoms with van der Waals surface area (Å²) in [6.07, 6.45) is 0. The van der Waals surface area contributed by atoms with E-state index in [1.807, 2.05) is 6.07 Å². The van der Waals surface area contributed by atoms with Crippen LogP contribution in [0.2, 0.25) is 5.02 Å². The topological polar surface area (TPSA) is 79.6 Å². The minimum atomic E-state index is -3.74. The summed E-state index contributed by atoms with van der Waals surface area (Å²) in [5, 5.41) is 4.08. The van der Waals surface area contributed by atoms with Crippen LogP contribution in [-0.4, -0.2) is 20.9 Å². The van der Waals surface area contributed by atoms with Gasteiger partial charge in [0.2, 0.25) is 0 Å². The minimum Gasteiger partial charge on any atom is -0.451 e. The second-order valence-corrected chi connectivity index (χ2v) is 9.48. The first-order valence-corrected chi connectivity index (χ1v) is 11.8. The summed E-state index contributed by atoms with van der Waals surface area (Å²) in [6.45, 7) is 3.86. The molecule has 0 atom stereocenters. The van der Waals surface area contributed by atoms with E-state index in [1.54, 1.807) is 68.4 Å². The van der Waals surface area contributed by atoms with Crippen molar-refractivity contribution in [3.63, 3.8) is 0 Å². The highest BCUT2D eigenvalue weighted by molar-refractivity contribution is 7.92. The molecule has 1 amide bonds. The fourth-order valence-corrected chi connectivity index (χ4v) is 5.17. The fourth-order valence-electron chi connectivity index (χ4n) is 3.52. The molecule has 1 aromatic heterocycles. The van der Waals surface area contributed by atoms with Crippen LogP contribution in [-0.2, 0) is 10.0 Å². The van der Waals surface area contributed by atoms with Gasteiger partial charge in [0.1, 0.15) is 5.58 Å². The van der Waals surface area contributed by atoms with Crippen LogP contribution in [0.3, 0.4) is 0 Å². The highest BCUT2D eigenvalue weighted by Crippen LogP contribution is 2.29. The predicted molar refractivity (Wildman–Crippen MR) is 127 cm³/mol. The number of sulfonamides is 1. The van der Waals surface area contributed by atoms with Gasteiger partial charge in [0.05, 0.1) is 10.6 Å². The molecule has 8 heteroatoms. The van der Waals surface area contributed by atoms with Crippen LogP contribution in [0.15, 0.2) is 82.1 Å². The number of para-hydroxylation sites is 1. The number of hydrogen-bond acceptors (Lipinski definition) is 4. The molecule has 1 N–H and O–H groups in total. The molecule has 32 heavy (non-hydrogen) atoms. The Morgan fingerprint density at radius 1 is 1.03 bits per heavy atom. The van der Waals surface area contributed by atoms with Gasteiger partial charge in [-0.25, -0.2) is 8.42 Å². The quantitative estimate of drug-likeness (QED) is 0.384. The number of anilines is 2. The maximum absolute atomic E-state index is 13.1. The molecule has 164 valence electrons. The first kappa shape index (κ1) is 21.9. The van der Waals surface area contributed by atoms with E-state index in [0.29, 0.717) is 34.1 Å². The van der Waals surface area contributed by atoms with Gasteiger partial charge in [-0.1, -0.05) is 29.8 Å². The van der Waals surface area contributed by atoms with Crippen LogP contribution < -0.4 is 9.62 Å². The molecule has 0 fully saturated rings. The number of benzene rings is 3. The lowest BCUT2D eigenvalue weighted by molar-refractivity contribution is 0.0998. The third-order valence-corrected chi connectivity index (χ3v) is 7.29. The second kappa shape index (κ2) is 8.68. The van der Waals surface area contributed by atoms with Crippen molar-refractivity contribution in [3.05, 3.63) is 89.1 Å². The van der Waals surface area contributed by atoms with E-state index in [1.165, 1.54) is 16.4 Å². The Labute approximate surface area is 191 Å². The maximum Gasteiger partial charge on any atom is 0.291 e. The number of amides is 1. The lowest BCUT2D eigenvalue weighted by Crippen LogP contribution is -2.30. The maximum atomic E-state index is 13.1. The Hall–Kier alpha value is -3.29. The molecule has 0 spiro atoms. The number of furan rings is 1. The van der Waals surface area contributed by atoms with E-state index in [0.717, 1.165) is 5.39 Å². The van der Waals surface area contributed by atoms with Crippen LogP contribution in [0.4, 0.5) is 11.4 Å². The van der Waals surface area contributed by atoms with E-state index >= 15 is 0 Å². The van der Waals surface area contributed by atoms with Gasteiger partial charge in [-0.05, 0) is 68.4 Å². The fraction of sp³-hybridized carbons (Fsp3) is 0.125. The van der Waals surface area contributed by atoms with Crippen LogP contribution in [0.25, 0.3) is 11.0 Å². The van der Waals surface area contributed by atoms with E-state index in [-0.39, 0.29) is 10.7 Å². The average Bonchev–Trinajstić information content (AvgIpc) is 3.11. The summed E-state index contributed by atoms with van der Waals surface area (Å²) in [5.41, 5.74) is 2.29. The van der Waals surface area contributed by atoms with Crippen molar-refractivity contribution in [2.45, 2.75) is 18.7 Å². The number of nitrogens with one attached hydrogen (secondary N) is 1. The SMILES string of the molecule is CCN(c1ccccc1)S(=O)(=O)c1ccc(NC(=O)c2oc3ccc(Cl)cc3c2C)cc1. The van der Waals surface area contributed by atoms with Gasteiger partial charge in [-0.15, -0.1) is 0 Å². The number of carbonyl (C=O) groups is 1. The lowest BCUT2D eigenvalue weighted by atomic mass is 10.1. The number of fused-ring (bicyclic) bond motifs is 1. The van der Waals surface area contributed by atoms with Crippen molar-refractivity contribution in [2.75, 3.05) is 16.2 Å². The Bertz CT molecular complexity index is 1380. The number of aryl methyl sites for hydroxylation is 1. The zero-order valence-electron chi connectivity index (χ0n) is 17.5. The molecule has 3 aromatic carbocycles. The molecule has 0 radical (unpaired) electrons. The Morgan fingerprint density at radius 3 is 2.38 bits per heavy atom. The summed E-state index contributed by atoms with van der Waals surface area (Å²) >= 11 is 6.04. The normalized spacial score (nSPS) is 11.5. The second-order valence-electron chi connectivity index (χ2n) is 7.18. The molecule has 0 aliphatic heterocycles. The molecule has 0 saturated carbocycles. The summed E-state index contributed by atoms with van der Waals surface area (Å²) < 4.78 is 33.2. The monoisotopic (exact) mass is 468 g/mol. The number of hydrogen-bond donors (Lipinski definition) is 1. The van der Waals surface area contributed by atoms with Crippen LogP contribution >= 0.6 is 11.6 Å². The third kappa shape index (κ3) is 4.09. The molecular formula is C24H21ClN2O4S. The van der Waals surface area contributed by atoms with Crippen molar-refractivity contribution >= 4 is 49.9 Å². The standard InChI is InChI=1S/C24H21ClN2O4S/c1-3-27(19-7-5-4-6-8-19)32(29,30)20-12-10-18(11-13-20)26-24(28)23-16(2)21-15-17(25)9-14-22(21)31-23/h4-15H,3H2,1-2H3,(H,26,28). The van der Waals surface area contributed by atoms with E-state index in [9.17, 15) is 13.2 Å². The molecule has 6 nitrogen and oxygen atoms in total. The van der Waals surface area contributed by atoms with Crippen molar-refractivity contribution in [3.8, 4) is 0 Å². The highest BCUT2D eigenvalue weighted by Gasteiger charge is 2.24. The van der Waals surface area contributed by atoms with Crippen LogP contribution in [0, 0.1) is 6.92 Å². The van der Waals surface area contributed by atoms with Gasteiger partial charge >= 0.3 is 0 Å². The highest BCUT2D eigenvalue weighted by atomic mass is 35.5. The minimum absolute atomic E-state index is 0.135. The van der Waals surface area contributed by atoms with Gasteiger partial charge in [-0.2, -0.15) is 0 Å². The summed E-state index contributed by atoms with van der Waals surface area (Å²) in [6, 6.07) is 20.1. The predicted octanol–water partition coefficient (Wildman–Crippen LogP) is 5.86. The number of carbonyl (C=O) groups excluding carboxylic acids is 1. The largest absolute Gasteiger partial charge is 0.451 e.